The quantitative estimate of drug-likeness (QED) is 0.510. The van der Waals surface area contributed by atoms with Gasteiger partial charge in [-0.2, -0.15) is 0 Å². The van der Waals surface area contributed by atoms with Crippen LogP contribution in [0.1, 0.15) is 71.1 Å². The molecule has 3 heteroatoms. The van der Waals surface area contributed by atoms with E-state index in [4.69, 9.17) is 4.74 Å². The van der Waals surface area contributed by atoms with E-state index in [1.54, 1.807) is 0 Å². The Hall–Kier alpha value is -0.410. The molecule has 0 aromatic carbocycles. The summed E-state index contributed by atoms with van der Waals surface area (Å²) in [7, 11) is 0. The minimum absolute atomic E-state index is 0.412. The highest BCUT2D eigenvalue weighted by molar-refractivity contribution is 5.80. The number of ketones is 1. The first-order valence-electron chi connectivity index (χ1n) is 8.64. The Bertz CT molecular complexity index is 237. The van der Waals surface area contributed by atoms with Crippen molar-refractivity contribution in [3.63, 3.8) is 0 Å². The van der Waals surface area contributed by atoms with Gasteiger partial charge in [-0.1, -0.05) is 58.3 Å². The summed E-state index contributed by atoms with van der Waals surface area (Å²) in [5.74, 6) is 0.412. The maximum Gasteiger partial charge on any atom is 0.146 e. The van der Waals surface area contributed by atoms with Crippen molar-refractivity contribution in [2.75, 3.05) is 32.8 Å². The fourth-order valence-electron chi connectivity index (χ4n) is 2.72. The summed E-state index contributed by atoms with van der Waals surface area (Å²) >= 11 is 0. The highest BCUT2D eigenvalue weighted by Crippen LogP contribution is 2.11. The van der Waals surface area contributed by atoms with Gasteiger partial charge in [0, 0.05) is 19.5 Å². The zero-order chi connectivity index (χ0) is 14.5. The van der Waals surface area contributed by atoms with Crippen molar-refractivity contribution < 1.29 is 9.53 Å². The molecule has 20 heavy (non-hydrogen) atoms. The second kappa shape index (κ2) is 12.3. The van der Waals surface area contributed by atoms with E-state index in [0.717, 1.165) is 39.1 Å². The van der Waals surface area contributed by atoms with Crippen molar-refractivity contribution >= 4 is 5.78 Å². The fourth-order valence-corrected chi connectivity index (χ4v) is 2.72. The standard InChI is InChI=1S/C17H33NO2/c1-2-3-4-5-6-7-8-9-10-11-17(19)16-18-12-14-20-15-13-18/h2-16H2,1H3. The number of Topliss-reactive ketones (excluding diaryl/α,β-unsaturated/α-hetero) is 1. The summed E-state index contributed by atoms with van der Waals surface area (Å²) in [6.07, 6.45) is 12.6. The van der Waals surface area contributed by atoms with Gasteiger partial charge >= 0.3 is 0 Å². The maximum atomic E-state index is 11.8. The predicted octanol–water partition coefficient (Wildman–Crippen LogP) is 3.81. The Labute approximate surface area is 125 Å². The molecule has 0 atom stereocenters. The lowest BCUT2D eigenvalue weighted by Gasteiger charge is -2.25. The van der Waals surface area contributed by atoms with Crippen LogP contribution < -0.4 is 0 Å². The first-order chi connectivity index (χ1) is 9.83. The first kappa shape index (κ1) is 17.6. The molecule has 0 aliphatic carbocycles. The van der Waals surface area contributed by atoms with E-state index in [2.05, 4.69) is 11.8 Å². The molecule has 0 unspecified atom stereocenters. The first-order valence-corrected chi connectivity index (χ1v) is 8.64. The van der Waals surface area contributed by atoms with Gasteiger partial charge in [0.1, 0.15) is 5.78 Å². The van der Waals surface area contributed by atoms with Gasteiger partial charge in [-0.05, 0) is 6.42 Å². The highest BCUT2D eigenvalue weighted by atomic mass is 16.5. The van der Waals surface area contributed by atoms with Crippen molar-refractivity contribution in [3.8, 4) is 0 Å². The van der Waals surface area contributed by atoms with E-state index < -0.39 is 0 Å². The third-order valence-corrected chi connectivity index (χ3v) is 4.06. The zero-order valence-electron chi connectivity index (χ0n) is 13.4. The number of carbonyl (C=O) groups is 1. The van der Waals surface area contributed by atoms with Crippen molar-refractivity contribution in [3.05, 3.63) is 0 Å². The van der Waals surface area contributed by atoms with E-state index in [1.807, 2.05) is 0 Å². The molecule has 1 rings (SSSR count). The summed E-state index contributed by atoms with van der Waals surface area (Å²) in [5.41, 5.74) is 0. The van der Waals surface area contributed by atoms with Gasteiger partial charge in [-0.3, -0.25) is 9.69 Å². The zero-order valence-corrected chi connectivity index (χ0v) is 13.4. The van der Waals surface area contributed by atoms with Gasteiger partial charge in [0.05, 0.1) is 19.8 Å². The van der Waals surface area contributed by atoms with E-state index in [9.17, 15) is 4.79 Å². The van der Waals surface area contributed by atoms with E-state index in [0.29, 0.717) is 12.3 Å². The normalized spacial score (nSPS) is 16.4. The minimum Gasteiger partial charge on any atom is -0.379 e. The van der Waals surface area contributed by atoms with Gasteiger partial charge in [-0.25, -0.2) is 0 Å². The molecule has 3 nitrogen and oxygen atoms in total. The lowest BCUT2D eigenvalue weighted by molar-refractivity contribution is -0.121. The fraction of sp³-hybridized carbons (Fsp3) is 0.941. The van der Waals surface area contributed by atoms with E-state index >= 15 is 0 Å². The lowest BCUT2D eigenvalue weighted by Crippen LogP contribution is -2.39. The van der Waals surface area contributed by atoms with Crippen LogP contribution in [-0.4, -0.2) is 43.5 Å². The van der Waals surface area contributed by atoms with Gasteiger partial charge in [0.2, 0.25) is 0 Å². The van der Waals surface area contributed by atoms with Crippen molar-refractivity contribution in [1.82, 2.24) is 4.90 Å². The van der Waals surface area contributed by atoms with Crippen LogP contribution in [0.25, 0.3) is 0 Å². The third-order valence-electron chi connectivity index (χ3n) is 4.06. The number of nitrogens with zero attached hydrogens (tertiary/aromatic N) is 1. The molecule has 1 fully saturated rings. The molecule has 1 heterocycles. The van der Waals surface area contributed by atoms with Crippen LogP contribution in [0.4, 0.5) is 0 Å². The second-order valence-corrected chi connectivity index (χ2v) is 6.01. The number of rotatable bonds is 12. The average molecular weight is 283 g/mol. The Morgan fingerprint density at radius 2 is 1.45 bits per heavy atom. The highest BCUT2D eigenvalue weighted by Gasteiger charge is 2.13. The number of ether oxygens (including phenoxy) is 1. The Morgan fingerprint density at radius 1 is 0.900 bits per heavy atom. The molecule has 0 spiro atoms. The smallest absolute Gasteiger partial charge is 0.146 e. The molecular formula is C17H33NO2. The summed E-state index contributed by atoms with van der Waals surface area (Å²) in [6, 6.07) is 0. The summed E-state index contributed by atoms with van der Waals surface area (Å²) in [4.78, 5) is 14.1. The third kappa shape index (κ3) is 9.49. The van der Waals surface area contributed by atoms with E-state index in [-0.39, 0.29) is 0 Å². The summed E-state index contributed by atoms with van der Waals surface area (Å²) in [6.45, 7) is 6.30. The van der Waals surface area contributed by atoms with Crippen molar-refractivity contribution in [1.29, 1.82) is 0 Å². The number of unbranched alkanes of at least 4 members (excludes halogenated alkanes) is 8. The molecule has 0 N–H and O–H groups in total. The Morgan fingerprint density at radius 3 is 2.05 bits per heavy atom. The number of hydrogen-bond acceptors (Lipinski definition) is 3. The maximum absolute atomic E-state index is 11.8. The monoisotopic (exact) mass is 283 g/mol. The molecule has 118 valence electrons. The topological polar surface area (TPSA) is 29.5 Å². The van der Waals surface area contributed by atoms with Gasteiger partial charge in [0.15, 0.2) is 0 Å². The molecule has 1 aliphatic rings. The van der Waals surface area contributed by atoms with Crippen LogP contribution in [0.3, 0.4) is 0 Å². The van der Waals surface area contributed by atoms with Gasteiger partial charge in [0.25, 0.3) is 0 Å². The van der Waals surface area contributed by atoms with Crippen LogP contribution >= 0.6 is 0 Å². The molecule has 0 amide bonds. The Balaban J connectivity index is 1.84. The van der Waals surface area contributed by atoms with Crippen molar-refractivity contribution in [2.24, 2.45) is 0 Å². The molecule has 0 aromatic heterocycles. The second-order valence-electron chi connectivity index (χ2n) is 6.01. The van der Waals surface area contributed by atoms with Crippen LogP contribution in [0, 0.1) is 0 Å². The Kier molecular flexibility index (Phi) is 10.9. The van der Waals surface area contributed by atoms with Gasteiger partial charge < -0.3 is 4.74 Å². The molecule has 1 saturated heterocycles. The molecule has 0 radical (unpaired) electrons. The van der Waals surface area contributed by atoms with Crippen molar-refractivity contribution in [2.45, 2.75) is 71.1 Å². The molecule has 1 aliphatic heterocycles. The molecule has 0 saturated carbocycles. The largest absolute Gasteiger partial charge is 0.379 e. The van der Waals surface area contributed by atoms with Crippen LogP contribution in [-0.2, 0) is 9.53 Å². The lowest BCUT2D eigenvalue weighted by atomic mass is 10.1. The predicted molar refractivity (Wildman–Crippen MR) is 84.1 cm³/mol. The minimum atomic E-state index is 0.412. The summed E-state index contributed by atoms with van der Waals surface area (Å²) < 4.78 is 5.29. The van der Waals surface area contributed by atoms with Gasteiger partial charge in [-0.15, -0.1) is 0 Å². The molecule has 0 bridgehead atoms. The number of hydrogen-bond donors (Lipinski definition) is 0. The molecular weight excluding hydrogens is 250 g/mol. The number of morpholine rings is 1. The summed E-state index contributed by atoms with van der Waals surface area (Å²) in [5, 5.41) is 0. The van der Waals surface area contributed by atoms with Crippen LogP contribution in [0.15, 0.2) is 0 Å². The van der Waals surface area contributed by atoms with Crippen LogP contribution in [0.2, 0.25) is 0 Å². The average Bonchev–Trinajstić information content (AvgIpc) is 2.46. The number of carbonyl (C=O) groups excluding carboxylic acids is 1. The van der Waals surface area contributed by atoms with Crippen LogP contribution in [0.5, 0.6) is 0 Å². The SMILES string of the molecule is CCCCCCCCCCCC(=O)CN1CCOCC1. The molecule has 0 aromatic rings. The van der Waals surface area contributed by atoms with E-state index in [1.165, 1.54) is 51.4 Å².